The van der Waals surface area contributed by atoms with Crippen LogP contribution in [0.25, 0.3) is 0 Å². The molecule has 150 valence electrons. The van der Waals surface area contributed by atoms with Crippen LogP contribution in [0.5, 0.6) is 5.75 Å². The zero-order chi connectivity index (χ0) is 19.1. The molecule has 0 bridgehead atoms. The molecule has 6 nitrogen and oxygen atoms in total. The quantitative estimate of drug-likeness (QED) is 0.341. The molecule has 27 heavy (non-hydrogen) atoms. The van der Waals surface area contributed by atoms with E-state index < -0.39 is 0 Å². The summed E-state index contributed by atoms with van der Waals surface area (Å²) in [6.07, 6.45) is -0.0121. The van der Waals surface area contributed by atoms with Crippen molar-refractivity contribution < 1.29 is 4.74 Å². The molecule has 1 heterocycles. The molecule has 0 amide bonds. The largest absolute Gasteiger partial charge is 0.489 e. The van der Waals surface area contributed by atoms with Gasteiger partial charge in [0.15, 0.2) is 5.96 Å². The van der Waals surface area contributed by atoms with Crippen molar-refractivity contribution in [2.75, 3.05) is 13.1 Å². The summed E-state index contributed by atoms with van der Waals surface area (Å²) < 4.78 is 7.78. The summed E-state index contributed by atoms with van der Waals surface area (Å²) >= 11 is 5.90. The zero-order valence-corrected chi connectivity index (χ0v) is 19.6. The predicted octanol–water partition coefficient (Wildman–Crippen LogP) is 3.83. The van der Waals surface area contributed by atoms with Crippen molar-refractivity contribution in [1.29, 1.82) is 0 Å². The lowest BCUT2D eigenvalue weighted by molar-refractivity contribution is 0.224. The summed E-state index contributed by atoms with van der Waals surface area (Å²) in [7, 11) is 1.95. The SMILES string of the molecule is CCNC(=NCc1c(C)nn(C)c1C)NCC(C)Oc1ccc(Cl)cc1.I. The molecule has 8 heteroatoms. The summed E-state index contributed by atoms with van der Waals surface area (Å²) in [5.74, 6) is 1.56. The Balaban J connectivity index is 0.00000364. The molecule has 1 aromatic carbocycles. The lowest BCUT2D eigenvalue weighted by Gasteiger charge is -2.17. The highest BCUT2D eigenvalue weighted by Gasteiger charge is 2.10. The average molecular weight is 506 g/mol. The van der Waals surface area contributed by atoms with Gasteiger partial charge in [0.1, 0.15) is 11.9 Å². The fraction of sp³-hybridized carbons (Fsp3) is 0.474. The smallest absolute Gasteiger partial charge is 0.191 e. The summed E-state index contributed by atoms with van der Waals surface area (Å²) in [4.78, 5) is 4.68. The minimum atomic E-state index is -0.0121. The van der Waals surface area contributed by atoms with Crippen molar-refractivity contribution >= 4 is 41.5 Å². The van der Waals surface area contributed by atoms with Crippen LogP contribution < -0.4 is 15.4 Å². The molecule has 2 N–H and O–H groups in total. The number of rotatable bonds is 7. The highest BCUT2D eigenvalue weighted by Crippen LogP contribution is 2.16. The van der Waals surface area contributed by atoms with Gasteiger partial charge in [0.05, 0.1) is 18.8 Å². The minimum absolute atomic E-state index is 0. The Morgan fingerprint density at radius 1 is 1.26 bits per heavy atom. The maximum absolute atomic E-state index is 5.90. The Kier molecular flexibility index (Phi) is 9.93. The second-order valence-electron chi connectivity index (χ2n) is 6.23. The average Bonchev–Trinajstić information content (AvgIpc) is 2.85. The van der Waals surface area contributed by atoms with Crippen LogP contribution in [-0.4, -0.2) is 34.9 Å². The van der Waals surface area contributed by atoms with Crippen LogP contribution in [0.3, 0.4) is 0 Å². The van der Waals surface area contributed by atoms with Crippen LogP contribution in [-0.2, 0) is 13.6 Å². The van der Waals surface area contributed by atoms with Crippen molar-refractivity contribution in [2.24, 2.45) is 12.0 Å². The van der Waals surface area contributed by atoms with E-state index in [4.69, 9.17) is 16.3 Å². The van der Waals surface area contributed by atoms with E-state index in [0.717, 1.165) is 35.2 Å². The van der Waals surface area contributed by atoms with Gasteiger partial charge >= 0.3 is 0 Å². The Morgan fingerprint density at radius 2 is 1.93 bits per heavy atom. The van der Waals surface area contributed by atoms with Crippen molar-refractivity contribution in [2.45, 2.75) is 40.3 Å². The van der Waals surface area contributed by atoms with Crippen LogP contribution >= 0.6 is 35.6 Å². The number of hydrogen-bond donors (Lipinski definition) is 2. The van der Waals surface area contributed by atoms with Crippen LogP contribution in [0.4, 0.5) is 0 Å². The number of aliphatic imine (C=N–C) groups is 1. The number of halogens is 2. The maximum atomic E-state index is 5.90. The summed E-state index contributed by atoms with van der Waals surface area (Å²) in [5, 5.41) is 11.7. The zero-order valence-electron chi connectivity index (χ0n) is 16.5. The number of aromatic nitrogens is 2. The van der Waals surface area contributed by atoms with Gasteiger partial charge in [0, 0.05) is 29.9 Å². The fourth-order valence-corrected chi connectivity index (χ4v) is 2.70. The van der Waals surface area contributed by atoms with E-state index in [0.29, 0.717) is 18.1 Å². The topological polar surface area (TPSA) is 63.5 Å². The molecule has 0 fully saturated rings. The van der Waals surface area contributed by atoms with Crippen LogP contribution in [0.15, 0.2) is 29.3 Å². The van der Waals surface area contributed by atoms with Gasteiger partial charge in [-0.3, -0.25) is 4.68 Å². The number of ether oxygens (including phenoxy) is 1. The molecule has 0 aliphatic rings. The number of hydrogen-bond acceptors (Lipinski definition) is 3. The van der Waals surface area contributed by atoms with Crippen LogP contribution in [0.1, 0.15) is 30.8 Å². The van der Waals surface area contributed by atoms with Gasteiger partial charge in [-0.2, -0.15) is 5.10 Å². The lowest BCUT2D eigenvalue weighted by atomic mass is 10.2. The number of guanidine groups is 1. The second kappa shape index (κ2) is 11.4. The highest BCUT2D eigenvalue weighted by atomic mass is 127. The lowest BCUT2D eigenvalue weighted by Crippen LogP contribution is -2.41. The summed E-state index contributed by atoms with van der Waals surface area (Å²) in [6.45, 7) is 10.2. The molecular formula is C19H29ClIN5O. The summed E-state index contributed by atoms with van der Waals surface area (Å²) in [5.41, 5.74) is 3.32. The van der Waals surface area contributed by atoms with E-state index in [1.807, 2.05) is 56.8 Å². The van der Waals surface area contributed by atoms with E-state index >= 15 is 0 Å². The first-order valence-electron chi connectivity index (χ1n) is 8.84. The molecule has 0 radical (unpaired) electrons. The van der Waals surface area contributed by atoms with E-state index in [-0.39, 0.29) is 30.1 Å². The molecule has 2 rings (SSSR count). The maximum Gasteiger partial charge on any atom is 0.191 e. The molecule has 2 aromatic rings. The Hall–Kier alpha value is -1.48. The van der Waals surface area contributed by atoms with Crippen molar-refractivity contribution in [3.63, 3.8) is 0 Å². The number of nitrogens with one attached hydrogen (secondary N) is 2. The van der Waals surface area contributed by atoms with Gasteiger partial charge in [-0.15, -0.1) is 24.0 Å². The Morgan fingerprint density at radius 3 is 2.48 bits per heavy atom. The van der Waals surface area contributed by atoms with Gasteiger partial charge in [-0.1, -0.05) is 11.6 Å². The Bertz CT molecular complexity index is 745. The van der Waals surface area contributed by atoms with E-state index in [1.54, 1.807) is 0 Å². The third kappa shape index (κ3) is 7.21. The number of benzene rings is 1. The van der Waals surface area contributed by atoms with Crippen molar-refractivity contribution in [3.8, 4) is 5.75 Å². The molecule has 0 aliphatic heterocycles. The molecule has 1 atom stereocenters. The molecule has 1 aromatic heterocycles. The van der Waals surface area contributed by atoms with E-state index in [1.165, 1.54) is 0 Å². The first-order valence-corrected chi connectivity index (χ1v) is 9.22. The number of nitrogens with zero attached hydrogens (tertiary/aromatic N) is 3. The first-order chi connectivity index (χ1) is 12.4. The molecule has 0 aliphatic carbocycles. The number of aryl methyl sites for hydroxylation is 2. The van der Waals surface area contributed by atoms with Gasteiger partial charge in [0.25, 0.3) is 0 Å². The van der Waals surface area contributed by atoms with Gasteiger partial charge in [0.2, 0.25) is 0 Å². The van der Waals surface area contributed by atoms with E-state index in [9.17, 15) is 0 Å². The monoisotopic (exact) mass is 505 g/mol. The molecule has 0 spiro atoms. The minimum Gasteiger partial charge on any atom is -0.489 e. The standard InChI is InChI=1S/C19H28ClN5O.HI/c1-6-21-19(23-12-18-14(3)24-25(5)15(18)4)22-11-13(2)26-17-9-7-16(20)8-10-17;/h7-10,13H,6,11-12H2,1-5H3,(H2,21,22,23);1H. The van der Waals surface area contributed by atoms with Crippen LogP contribution in [0.2, 0.25) is 5.02 Å². The molecule has 0 saturated carbocycles. The van der Waals surface area contributed by atoms with Gasteiger partial charge in [-0.25, -0.2) is 4.99 Å². The molecule has 1 unspecified atom stereocenters. The highest BCUT2D eigenvalue weighted by molar-refractivity contribution is 14.0. The first kappa shape index (κ1) is 23.6. The molecule has 0 saturated heterocycles. The second-order valence-corrected chi connectivity index (χ2v) is 6.67. The molecular weight excluding hydrogens is 477 g/mol. The van der Waals surface area contributed by atoms with Crippen molar-refractivity contribution in [1.82, 2.24) is 20.4 Å². The third-order valence-electron chi connectivity index (χ3n) is 4.11. The normalized spacial score (nSPS) is 12.3. The Labute approximate surface area is 183 Å². The summed E-state index contributed by atoms with van der Waals surface area (Å²) in [6, 6.07) is 7.38. The van der Waals surface area contributed by atoms with E-state index in [2.05, 4.69) is 27.6 Å². The van der Waals surface area contributed by atoms with Gasteiger partial charge in [-0.05, 0) is 52.0 Å². The van der Waals surface area contributed by atoms with Gasteiger partial charge < -0.3 is 15.4 Å². The van der Waals surface area contributed by atoms with Crippen molar-refractivity contribution in [3.05, 3.63) is 46.2 Å². The fourth-order valence-electron chi connectivity index (χ4n) is 2.57. The van der Waals surface area contributed by atoms with Crippen LogP contribution in [0, 0.1) is 13.8 Å². The predicted molar refractivity (Wildman–Crippen MR) is 122 cm³/mol. The third-order valence-corrected chi connectivity index (χ3v) is 4.36.